The van der Waals surface area contributed by atoms with Crippen molar-refractivity contribution in [1.82, 2.24) is 15.1 Å². The molecular weight excluding hydrogens is 402 g/mol. The van der Waals surface area contributed by atoms with Gasteiger partial charge in [-0.3, -0.25) is 9.59 Å². The molecule has 0 spiro atoms. The lowest BCUT2D eigenvalue weighted by Gasteiger charge is -2.39. The maximum Gasteiger partial charge on any atom is 0.221 e. The van der Waals surface area contributed by atoms with Crippen molar-refractivity contribution < 1.29 is 14.3 Å². The van der Waals surface area contributed by atoms with Crippen LogP contribution in [0, 0.1) is 6.92 Å². The number of ketones is 1. The van der Waals surface area contributed by atoms with Gasteiger partial charge in [-0.1, -0.05) is 31.5 Å². The number of fused-ring (bicyclic) bond motifs is 3. The highest BCUT2D eigenvalue weighted by atomic mass is 35.5. The van der Waals surface area contributed by atoms with Crippen LogP contribution in [0.3, 0.4) is 0 Å². The predicted molar refractivity (Wildman–Crippen MR) is 120 cm³/mol. The lowest BCUT2D eigenvalue weighted by molar-refractivity contribution is -0.133. The quantitative estimate of drug-likeness (QED) is 0.769. The number of carbonyl (C=O) groups excluding carboxylic acids is 2. The molecule has 6 nitrogen and oxygen atoms in total. The maximum absolute atomic E-state index is 12.7. The third-order valence-electron chi connectivity index (χ3n) is 7.06. The van der Waals surface area contributed by atoms with Crippen LogP contribution in [-0.2, 0) is 15.0 Å². The second kappa shape index (κ2) is 9.25. The summed E-state index contributed by atoms with van der Waals surface area (Å²) in [5.41, 5.74) is 2.13. The third-order valence-corrected chi connectivity index (χ3v) is 7.06. The molecule has 1 aromatic carbocycles. The highest BCUT2D eigenvalue weighted by molar-refractivity contribution is 5.91. The van der Waals surface area contributed by atoms with E-state index in [1.165, 1.54) is 11.1 Å². The number of Topliss-reactive ketones (excluding diaryl/α,β-unsaturated/α-hetero) is 1. The van der Waals surface area contributed by atoms with E-state index in [9.17, 15) is 9.59 Å². The second-order valence-electron chi connectivity index (χ2n) is 8.99. The zero-order valence-electron chi connectivity index (χ0n) is 18.3. The minimum Gasteiger partial charge on any atom is -0.487 e. The summed E-state index contributed by atoms with van der Waals surface area (Å²) in [6.45, 7) is 12.4. The van der Waals surface area contributed by atoms with E-state index in [1.807, 2.05) is 12.1 Å². The summed E-state index contributed by atoms with van der Waals surface area (Å²) in [6, 6.07) is 5.63. The van der Waals surface area contributed by atoms with Gasteiger partial charge in [0.2, 0.25) is 5.91 Å². The lowest BCUT2D eigenvalue weighted by atomic mass is 9.67. The minimum atomic E-state index is -0.564. The SMILES string of the molecule is CCN1CCN(CCC(=O)N[C@H]2C(=O)CC[C@@]3(C)c4cc(C)ccc4O[C@@H]23)CC1.Cl. The molecule has 1 amide bonds. The summed E-state index contributed by atoms with van der Waals surface area (Å²) >= 11 is 0. The van der Waals surface area contributed by atoms with Gasteiger partial charge in [0.15, 0.2) is 5.78 Å². The summed E-state index contributed by atoms with van der Waals surface area (Å²) in [6.07, 6.45) is 1.35. The van der Waals surface area contributed by atoms with Gasteiger partial charge in [-0.05, 0) is 26.0 Å². The van der Waals surface area contributed by atoms with E-state index in [4.69, 9.17) is 4.74 Å². The summed E-state index contributed by atoms with van der Waals surface area (Å²) in [5.74, 6) is 0.883. The van der Waals surface area contributed by atoms with Gasteiger partial charge in [0.05, 0.1) is 0 Å². The van der Waals surface area contributed by atoms with Crippen molar-refractivity contribution >= 4 is 24.1 Å². The molecule has 3 atom stereocenters. The molecule has 4 rings (SSSR count). The fourth-order valence-electron chi connectivity index (χ4n) is 5.02. The Bertz CT molecular complexity index is 794. The van der Waals surface area contributed by atoms with E-state index < -0.39 is 6.04 Å². The van der Waals surface area contributed by atoms with Gasteiger partial charge in [-0.2, -0.15) is 0 Å². The standard InChI is InChI=1S/C23H33N3O3.ClH/c1-4-25-11-13-26(14-12-25)10-8-20(28)24-21-18(27)7-9-23(3)17-15-16(2)5-6-19(17)29-22(21)23;/h5-6,15,21-22H,4,7-14H2,1-3H3,(H,24,28);1H/t21-,22-,23-;/m0./s1. The third kappa shape index (κ3) is 4.36. The van der Waals surface area contributed by atoms with Gasteiger partial charge < -0.3 is 19.9 Å². The summed E-state index contributed by atoms with van der Waals surface area (Å²) in [5, 5.41) is 3.02. The maximum atomic E-state index is 12.7. The van der Waals surface area contributed by atoms with E-state index in [1.54, 1.807) is 0 Å². The number of hydrogen-bond donors (Lipinski definition) is 1. The van der Waals surface area contributed by atoms with Crippen molar-refractivity contribution in [3.63, 3.8) is 0 Å². The normalized spacial score (nSPS) is 28.8. The topological polar surface area (TPSA) is 61.9 Å². The van der Waals surface area contributed by atoms with E-state index in [0.29, 0.717) is 12.8 Å². The van der Waals surface area contributed by atoms with Gasteiger partial charge in [0, 0.05) is 56.5 Å². The van der Waals surface area contributed by atoms with Crippen LogP contribution < -0.4 is 10.1 Å². The fraction of sp³-hybridized carbons (Fsp3) is 0.652. The Hall–Kier alpha value is -1.63. The molecule has 0 radical (unpaired) electrons. The van der Waals surface area contributed by atoms with E-state index in [2.05, 4.69) is 42.0 Å². The number of carbonyl (C=O) groups is 2. The number of rotatable bonds is 5. The molecule has 2 aliphatic heterocycles. The Morgan fingerprint density at radius 2 is 1.93 bits per heavy atom. The second-order valence-corrected chi connectivity index (χ2v) is 8.99. The zero-order chi connectivity index (χ0) is 20.6. The van der Waals surface area contributed by atoms with Gasteiger partial charge >= 0.3 is 0 Å². The van der Waals surface area contributed by atoms with Crippen molar-refractivity contribution in [3.8, 4) is 5.75 Å². The predicted octanol–water partition coefficient (Wildman–Crippen LogP) is 2.31. The van der Waals surface area contributed by atoms with Crippen molar-refractivity contribution in [2.45, 2.75) is 57.6 Å². The summed E-state index contributed by atoms with van der Waals surface area (Å²) in [4.78, 5) is 30.1. The first kappa shape index (κ1) is 23.0. The number of halogens is 1. The number of nitrogens with zero attached hydrogens (tertiary/aromatic N) is 2. The lowest BCUT2D eigenvalue weighted by Crippen LogP contribution is -2.59. The monoisotopic (exact) mass is 435 g/mol. The number of aryl methyl sites for hydroxylation is 1. The molecule has 0 bridgehead atoms. The number of amides is 1. The molecular formula is C23H34ClN3O3. The molecule has 3 aliphatic rings. The van der Waals surface area contributed by atoms with Crippen LogP contribution >= 0.6 is 12.4 Å². The first-order valence-electron chi connectivity index (χ1n) is 11.0. The Kier molecular flexibility index (Phi) is 7.10. The first-order chi connectivity index (χ1) is 13.9. The van der Waals surface area contributed by atoms with Crippen LogP contribution in [-0.4, -0.2) is 72.9 Å². The van der Waals surface area contributed by atoms with Crippen LogP contribution in [0.4, 0.5) is 0 Å². The fourth-order valence-corrected chi connectivity index (χ4v) is 5.02. The van der Waals surface area contributed by atoms with Crippen LogP contribution in [0.1, 0.15) is 44.2 Å². The molecule has 7 heteroatoms. The van der Waals surface area contributed by atoms with Crippen molar-refractivity contribution in [2.24, 2.45) is 0 Å². The van der Waals surface area contributed by atoms with Crippen LogP contribution in [0.15, 0.2) is 18.2 Å². The highest BCUT2D eigenvalue weighted by Gasteiger charge is 2.54. The number of ether oxygens (including phenoxy) is 1. The van der Waals surface area contributed by atoms with E-state index in [-0.39, 0.29) is 35.6 Å². The molecule has 1 aliphatic carbocycles. The number of piperazine rings is 1. The van der Waals surface area contributed by atoms with Crippen LogP contribution in [0.5, 0.6) is 5.75 Å². The molecule has 1 saturated heterocycles. The number of hydrogen-bond acceptors (Lipinski definition) is 5. The molecule has 0 unspecified atom stereocenters. The Morgan fingerprint density at radius 3 is 2.63 bits per heavy atom. The average molecular weight is 436 g/mol. The Morgan fingerprint density at radius 1 is 1.23 bits per heavy atom. The average Bonchev–Trinajstić information content (AvgIpc) is 3.02. The van der Waals surface area contributed by atoms with Crippen molar-refractivity contribution in [1.29, 1.82) is 0 Å². The summed E-state index contributed by atoms with van der Waals surface area (Å²) < 4.78 is 6.22. The molecule has 30 heavy (non-hydrogen) atoms. The Labute approximate surface area is 185 Å². The van der Waals surface area contributed by atoms with E-state index in [0.717, 1.165) is 51.4 Å². The molecule has 1 saturated carbocycles. The van der Waals surface area contributed by atoms with Crippen LogP contribution in [0.2, 0.25) is 0 Å². The first-order valence-corrected chi connectivity index (χ1v) is 11.0. The zero-order valence-corrected chi connectivity index (χ0v) is 19.1. The number of nitrogens with one attached hydrogen (secondary N) is 1. The molecule has 2 fully saturated rings. The number of likely N-dealkylation sites (N-methyl/N-ethyl adjacent to an activating group) is 1. The minimum absolute atomic E-state index is 0. The highest BCUT2D eigenvalue weighted by Crippen LogP contribution is 2.49. The molecule has 1 aromatic rings. The largest absolute Gasteiger partial charge is 0.487 e. The Balaban J connectivity index is 0.00000256. The van der Waals surface area contributed by atoms with Crippen molar-refractivity contribution in [2.75, 3.05) is 39.3 Å². The van der Waals surface area contributed by atoms with Gasteiger partial charge in [0.1, 0.15) is 17.9 Å². The van der Waals surface area contributed by atoms with Crippen molar-refractivity contribution in [3.05, 3.63) is 29.3 Å². The van der Waals surface area contributed by atoms with E-state index >= 15 is 0 Å². The number of benzene rings is 1. The molecule has 2 heterocycles. The molecule has 0 aromatic heterocycles. The smallest absolute Gasteiger partial charge is 0.221 e. The van der Waals surface area contributed by atoms with Gasteiger partial charge in [0.25, 0.3) is 0 Å². The van der Waals surface area contributed by atoms with Gasteiger partial charge in [-0.25, -0.2) is 0 Å². The van der Waals surface area contributed by atoms with Gasteiger partial charge in [-0.15, -0.1) is 12.4 Å². The van der Waals surface area contributed by atoms with Crippen LogP contribution in [0.25, 0.3) is 0 Å². The molecule has 166 valence electrons. The molecule has 1 N–H and O–H groups in total. The summed E-state index contributed by atoms with van der Waals surface area (Å²) in [7, 11) is 0.